The summed E-state index contributed by atoms with van der Waals surface area (Å²) in [7, 11) is 0. The zero-order valence-electron chi connectivity index (χ0n) is 6.87. The van der Waals surface area contributed by atoms with Crippen molar-refractivity contribution in [3.8, 4) is 11.1 Å². The smallest absolute Gasteiger partial charge is 0.142 e. The lowest BCUT2D eigenvalue weighted by Gasteiger charge is -1.99. The molecule has 0 spiro atoms. The van der Waals surface area contributed by atoms with Gasteiger partial charge in [0.15, 0.2) is 0 Å². The van der Waals surface area contributed by atoms with Gasteiger partial charge in [0.1, 0.15) is 5.82 Å². The number of hydrogen-bond acceptors (Lipinski definition) is 1. The molecule has 0 aliphatic carbocycles. The second-order valence-corrected chi connectivity index (χ2v) is 2.68. The van der Waals surface area contributed by atoms with E-state index in [0.29, 0.717) is 0 Å². The van der Waals surface area contributed by atoms with Gasteiger partial charge in [0.2, 0.25) is 0 Å². The topological polar surface area (TPSA) is 12.9 Å². The lowest BCUT2D eigenvalue weighted by atomic mass is 10.1. The number of pyridine rings is 1. The van der Waals surface area contributed by atoms with Gasteiger partial charge in [0.25, 0.3) is 0 Å². The van der Waals surface area contributed by atoms with Gasteiger partial charge < -0.3 is 0 Å². The Morgan fingerprint density at radius 1 is 1.08 bits per heavy atom. The van der Waals surface area contributed by atoms with Crippen molar-refractivity contribution >= 4 is 0 Å². The van der Waals surface area contributed by atoms with Crippen molar-refractivity contribution in [1.82, 2.24) is 4.98 Å². The molecule has 0 amide bonds. The Balaban J connectivity index is 2.48. The first kappa shape index (κ1) is 7.92. The number of benzene rings is 1. The van der Waals surface area contributed by atoms with Crippen molar-refractivity contribution in [3.63, 3.8) is 0 Å². The van der Waals surface area contributed by atoms with Crippen LogP contribution in [0.4, 0.5) is 4.39 Å². The van der Waals surface area contributed by atoms with Gasteiger partial charge in [0, 0.05) is 11.8 Å². The summed E-state index contributed by atoms with van der Waals surface area (Å²) in [5.74, 6) is -0.315. The first-order valence-electron chi connectivity index (χ1n) is 3.93. The van der Waals surface area contributed by atoms with Crippen LogP contribution in [0.1, 0.15) is 0 Å². The van der Waals surface area contributed by atoms with Gasteiger partial charge >= 0.3 is 0 Å². The van der Waals surface area contributed by atoms with Crippen molar-refractivity contribution in [2.24, 2.45) is 0 Å². The highest BCUT2D eigenvalue weighted by molar-refractivity contribution is 5.61. The van der Waals surface area contributed by atoms with Crippen LogP contribution in [0.5, 0.6) is 0 Å². The second-order valence-electron chi connectivity index (χ2n) is 2.68. The molecule has 1 nitrogen and oxygen atoms in total. The molecule has 13 heavy (non-hydrogen) atoms. The molecule has 1 aromatic carbocycles. The van der Waals surface area contributed by atoms with Crippen LogP contribution in [0.25, 0.3) is 11.1 Å². The molecule has 2 rings (SSSR count). The molecule has 1 aromatic heterocycles. The Kier molecular flexibility index (Phi) is 2.04. The first-order chi connectivity index (χ1) is 6.36. The monoisotopic (exact) mass is 172 g/mol. The third kappa shape index (κ3) is 1.72. The molecular weight excluding hydrogens is 165 g/mol. The van der Waals surface area contributed by atoms with E-state index in [4.69, 9.17) is 0 Å². The van der Waals surface area contributed by atoms with Crippen LogP contribution in [-0.2, 0) is 0 Å². The maximum absolute atomic E-state index is 12.8. The van der Waals surface area contributed by atoms with Crippen LogP contribution < -0.4 is 0 Å². The molecular formula is C11H7FN. The zero-order chi connectivity index (χ0) is 9.10. The van der Waals surface area contributed by atoms with E-state index in [0.717, 1.165) is 11.1 Å². The third-order valence-corrected chi connectivity index (χ3v) is 1.76. The predicted molar refractivity (Wildman–Crippen MR) is 48.5 cm³/mol. The van der Waals surface area contributed by atoms with E-state index in [1.807, 2.05) is 12.1 Å². The molecule has 0 unspecified atom stereocenters. The zero-order valence-corrected chi connectivity index (χ0v) is 6.87. The minimum atomic E-state index is -0.315. The van der Waals surface area contributed by atoms with Crippen LogP contribution in [-0.4, -0.2) is 4.98 Å². The molecule has 0 aliphatic rings. The van der Waals surface area contributed by atoms with Crippen LogP contribution in [0, 0.1) is 11.9 Å². The summed E-state index contributed by atoms with van der Waals surface area (Å²) in [4.78, 5) is 3.78. The number of nitrogens with zero attached hydrogens (tertiary/aromatic N) is 1. The third-order valence-electron chi connectivity index (χ3n) is 1.76. The van der Waals surface area contributed by atoms with Crippen LogP contribution >= 0.6 is 0 Å². The normalized spacial score (nSPS) is 9.92. The summed E-state index contributed by atoms with van der Waals surface area (Å²) in [6.45, 7) is 0. The Morgan fingerprint density at radius 3 is 2.54 bits per heavy atom. The van der Waals surface area contributed by atoms with E-state index < -0.39 is 0 Å². The summed E-state index contributed by atoms with van der Waals surface area (Å²) in [6.07, 6.45) is 2.83. The average molecular weight is 172 g/mol. The fourth-order valence-corrected chi connectivity index (χ4v) is 1.15. The van der Waals surface area contributed by atoms with Gasteiger partial charge in [0.05, 0.1) is 6.20 Å². The van der Waals surface area contributed by atoms with E-state index in [1.165, 1.54) is 12.3 Å². The molecule has 0 saturated carbocycles. The van der Waals surface area contributed by atoms with Gasteiger partial charge in [-0.05, 0) is 17.7 Å². The first-order valence-corrected chi connectivity index (χ1v) is 3.93. The molecule has 0 aliphatic heterocycles. The van der Waals surface area contributed by atoms with E-state index in [1.54, 1.807) is 18.3 Å². The highest BCUT2D eigenvalue weighted by atomic mass is 19.1. The second kappa shape index (κ2) is 3.35. The lowest BCUT2D eigenvalue weighted by molar-refractivity contribution is 0.622. The molecule has 2 aromatic rings. The predicted octanol–water partition coefficient (Wildman–Crippen LogP) is 2.69. The molecule has 0 saturated heterocycles. The van der Waals surface area contributed by atoms with E-state index in [2.05, 4.69) is 11.1 Å². The maximum Gasteiger partial charge on any atom is 0.142 e. The Bertz CT molecular complexity index is 398. The number of hydrogen-bond donors (Lipinski definition) is 0. The van der Waals surface area contributed by atoms with Crippen molar-refractivity contribution < 1.29 is 4.39 Å². The largest absolute Gasteiger partial charge is 0.261 e. The molecule has 1 heterocycles. The Hall–Kier alpha value is -1.70. The maximum atomic E-state index is 12.8. The number of aromatic nitrogens is 1. The van der Waals surface area contributed by atoms with Crippen molar-refractivity contribution in [2.45, 2.75) is 0 Å². The van der Waals surface area contributed by atoms with Crippen molar-refractivity contribution in [3.05, 3.63) is 54.6 Å². The van der Waals surface area contributed by atoms with Gasteiger partial charge in [-0.25, -0.2) is 4.39 Å². The molecule has 0 N–H and O–H groups in total. The molecule has 63 valence electrons. The Labute approximate surface area is 75.9 Å². The van der Waals surface area contributed by atoms with Crippen molar-refractivity contribution in [1.29, 1.82) is 0 Å². The van der Waals surface area contributed by atoms with Gasteiger partial charge in [-0.15, -0.1) is 0 Å². The molecule has 2 heteroatoms. The fourth-order valence-electron chi connectivity index (χ4n) is 1.15. The van der Waals surface area contributed by atoms with E-state index >= 15 is 0 Å². The Morgan fingerprint density at radius 2 is 1.85 bits per heavy atom. The SMILES string of the molecule is Fc1cncc(-c2cc[c]cc2)c1. The van der Waals surface area contributed by atoms with Crippen LogP contribution in [0.3, 0.4) is 0 Å². The molecule has 0 bridgehead atoms. The van der Waals surface area contributed by atoms with Gasteiger partial charge in [-0.3, -0.25) is 4.98 Å². The average Bonchev–Trinajstić information content (AvgIpc) is 2.19. The fraction of sp³-hybridized carbons (Fsp3) is 0. The summed E-state index contributed by atoms with van der Waals surface area (Å²) in [5.41, 5.74) is 1.74. The quantitative estimate of drug-likeness (QED) is 0.644. The van der Waals surface area contributed by atoms with Gasteiger partial charge in [-0.2, -0.15) is 0 Å². The highest BCUT2D eigenvalue weighted by Gasteiger charge is 1.97. The summed E-state index contributed by atoms with van der Waals surface area (Å²) < 4.78 is 12.8. The summed E-state index contributed by atoms with van der Waals surface area (Å²) in [5, 5.41) is 0. The highest BCUT2D eigenvalue weighted by Crippen LogP contribution is 2.17. The van der Waals surface area contributed by atoms with Crippen LogP contribution in [0.15, 0.2) is 42.7 Å². The molecule has 1 radical (unpaired) electrons. The molecule has 0 atom stereocenters. The minimum absolute atomic E-state index is 0.315. The number of rotatable bonds is 1. The summed E-state index contributed by atoms with van der Waals surface area (Å²) in [6, 6.07) is 11.7. The summed E-state index contributed by atoms with van der Waals surface area (Å²) >= 11 is 0. The standard InChI is InChI=1S/C11H7FN/c12-11-6-10(7-13-8-11)9-4-2-1-3-5-9/h2-8H. The lowest BCUT2D eigenvalue weighted by Crippen LogP contribution is -1.81. The van der Waals surface area contributed by atoms with Gasteiger partial charge in [-0.1, -0.05) is 24.3 Å². The minimum Gasteiger partial charge on any atom is -0.261 e. The number of halogens is 1. The van der Waals surface area contributed by atoms with Crippen LogP contribution in [0.2, 0.25) is 0 Å². The van der Waals surface area contributed by atoms with E-state index in [-0.39, 0.29) is 5.82 Å². The van der Waals surface area contributed by atoms with Crippen molar-refractivity contribution in [2.75, 3.05) is 0 Å². The molecule has 0 fully saturated rings. The van der Waals surface area contributed by atoms with E-state index in [9.17, 15) is 4.39 Å².